The fourth-order valence-corrected chi connectivity index (χ4v) is 7.20. The van der Waals surface area contributed by atoms with Gasteiger partial charge in [0.25, 0.3) is 5.91 Å². The molecule has 2 amide bonds. The highest BCUT2D eigenvalue weighted by Crippen LogP contribution is 2.47. The normalized spacial score (nSPS) is 17.4. The largest absolute Gasteiger partial charge is 0.491 e. The average molecular weight is 604 g/mol. The zero-order valence-electron chi connectivity index (χ0n) is 25.2. The van der Waals surface area contributed by atoms with E-state index in [1.807, 2.05) is 24.3 Å². The molecule has 2 fully saturated rings. The van der Waals surface area contributed by atoms with Crippen molar-refractivity contribution in [1.29, 1.82) is 0 Å². The molecule has 8 nitrogen and oxygen atoms in total. The van der Waals surface area contributed by atoms with Gasteiger partial charge in [0, 0.05) is 33.8 Å². The summed E-state index contributed by atoms with van der Waals surface area (Å²) in [5, 5.41) is 16.1. The Morgan fingerprint density at radius 2 is 1.71 bits per heavy atom. The number of aliphatic carboxylic acids is 1. The predicted octanol–water partition coefficient (Wildman–Crippen LogP) is 7.14. The number of nitrogens with zero attached hydrogens (tertiary/aromatic N) is 1. The first-order valence-electron chi connectivity index (χ1n) is 16.0. The number of nitrogens with one attached hydrogen (secondary N) is 2. The molecule has 2 aliphatic carbocycles. The Morgan fingerprint density at radius 3 is 2.44 bits per heavy atom. The van der Waals surface area contributed by atoms with Gasteiger partial charge in [0.1, 0.15) is 17.9 Å². The summed E-state index contributed by atoms with van der Waals surface area (Å²) < 4.78 is 8.51. The minimum absolute atomic E-state index is 0.248. The summed E-state index contributed by atoms with van der Waals surface area (Å²) in [6.45, 7) is 1.24. The number of carbonyl (C=O) groups is 3. The van der Waals surface area contributed by atoms with E-state index in [0.29, 0.717) is 48.7 Å². The molecule has 45 heavy (non-hydrogen) atoms. The number of fused-ring (bicyclic) bond motifs is 5. The fraction of sp³-hybridized carbons (Fsp3) is 0.324. The lowest BCUT2D eigenvalue weighted by Gasteiger charge is -2.40. The Morgan fingerprint density at radius 1 is 0.933 bits per heavy atom. The Kier molecular flexibility index (Phi) is 7.65. The molecule has 0 radical (unpaired) electrons. The Hall–Kier alpha value is -4.85. The van der Waals surface area contributed by atoms with E-state index >= 15 is 0 Å². The third-order valence-corrected chi connectivity index (χ3v) is 9.68. The number of benzene rings is 3. The molecule has 3 N–H and O–H groups in total. The second-order valence-corrected chi connectivity index (χ2v) is 12.5. The number of para-hydroxylation sites is 1. The molecule has 230 valence electrons. The van der Waals surface area contributed by atoms with E-state index in [1.54, 1.807) is 24.3 Å². The van der Waals surface area contributed by atoms with Crippen LogP contribution in [0.3, 0.4) is 0 Å². The number of amides is 2. The summed E-state index contributed by atoms with van der Waals surface area (Å²) in [5.41, 5.74) is 5.56. The first-order chi connectivity index (χ1) is 21.9. The number of hydrogen-bond donors (Lipinski definition) is 3. The van der Waals surface area contributed by atoms with Crippen LogP contribution in [0, 0.1) is 0 Å². The molecule has 1 aromatic heterocycles. The summed E-state index contributed by atoms with van der Waals surface area (Å²) in [5.74, 6) is -0.167. The number of carboxylic acids is 1. The van der Waals surface area contributed by atoms with Gasteiger partial charge in [-0.15, -0.1) is 0 Å². The highest BCUT2D eigenvalue weighted by Gasteiger charge is 2.45. The van der Waals surface area contributed by atoms with Gasteiger partial charge in [0.2, 0.25) is 5.91 Å². The van der Waals surface area contributed by atoms with Gasteiger partial charge in [-0.25, -0.2) is 4.79 Å². The third-order valence-electron chi connectivity index (χ3n) is 9.68. The van der Waals surface area contributed by atoms with Crippen molar-refractivity contribution >= 4 is 40.4 Å². The lowest BCUT2D eigenvalue weighted by molar-refractivity contribution is -0.131. The SMILES string of the molecule is O=C(O)C=Cc1ccc(NC(=O)C2(NC(=O)c3ccc4c(C5CCCCC5)c5n(c4c3)CCOc3ccccc3-5)CCC2)cc1. The lowest BCUT2D eigenvalue weighted by Crippen LogP contribution is -2.61. The van der Waals surface area contributed by atoms with E-state index in [9.17, 15) is 14.4 Å². The van der Waals surface area contributed by atoms with Crippen LogP contribution in [0.5, 0.6) is 5.75 Å². The van der Waals surface area contributed by atoms with Gasteiger partial charge in [0.15, 0.2) is 0 Å². The Labute approximate surface area is 262 Å². The minimum Gasteiger partial charge on any atom is -0.491 e. The van der Waals surface area contributed by atoms with E-state index in [2.05, 4.69) is 33.4 Å². The molecular weight excluding hydrogens is 566 g/mol. The van der Waals surface area contributed by atoms with Gasteiger partial charge >= 0.3 is 5.97 Å². The maximum absolute atomic E-state index is 13.8. The van der Waals surface area contributed by atoms with Crippen LogP contribution in [0.2, 0.25) is 0 Å². The number of carboxylic acid groups (broad SMARTS) is 1. The molecule has 0 spiro atoms. The zero-order valence-corrected chi connectivity index (χ0v) is 25.2. The summed E-state index contributed by atoms with van der Waals surface area (Å²) in [6, 6.07) is 21.2. The Balaban J connectivity index is 1.18. The zero-order chi connectivity index (χ0) is 31.0. The highest BCUT2D eigenvalue weighted by atomic mass is 16.5. The van der Waals surface area contributed by atoms with Crippen molar-refractivity contribution in [3.8, 4) is 17.0 Å². The first-order valence-corrected chi connectivity index (χ1v) is 16.0. The number of anilines is 1. The van der Waals surface area contributed by atoms with Crippen LogP contribution in [-0.2, 0) is 16.1 Å². The van der Waals surface area contributed by atoms with Crippen molar-refractivity contribution in [2.75, 3.05) is 11.9 Å². The van der Waals surface area contributed by atoms with Gasteiger partial charge in [0.05, 0.1) is 12.2 Å². The van der Waals surface area contributed by atoms with Gasteiger partial charge in [-0.3, -0.25) is 9.59 Å². The molecule has 2 heterocycles. The van der Waals surface area contributed by atoms with Crippen LogP contribution in [0.1, 0.15) is 78.8 Å². The molecule has 0 bridgehead atoms. The topological polar surface area (TPSA) is 110 Å². The highest BCUT2D eigenvalue weighted by molar-refractivity contribution is 6.06. The average Bonchev–Trinajstić information content (AvgIpc) is 3.23. The van der Waals surface area contributed by atoms with Crippen LogP contribution in [-0.4, -0.2) is 39.6 Å². The van der Waals surface area contributed by atoms with E-state index in [1.165, 1.54) is 42.0 Å². The number of ether oxygens (including phenoxy) is 1. The van der Waals surface area contributed by atoms with Crippen molar-refractivity contribution < 1.29 is 24.2 Å². The van der Waals surface area contributed by atoms with Crippen LogP contribution in [0.25, 0.3) is 28.2 Å². The van der Waals surface area contributed by atoms with Crippen LogP contribution in [0.15, 0.2) is 72.8 Å². The summed E-state index contributed by atoms with van der Waals surface area (Å²) in [4.78, 5) is 38.1. The van der Waals surface area contributed by atoms with Crippen molar-refractivity contribution in [3.05, 3.63) is 89.5 Å². The van der Waals surface area contributed by atoms with Gasteiger partial charge < -0.3 is 25.0 Å². The third kappa shape index (κ3) is 5.50. The van der Waals surface area contributed by atoms with E-state index in [0.717, 1.165) is 42.2 Å². The summed E-state index contributed by atoms with van der Waals surface area (Å²) in [6.07, 6.45) is 10.6. The second-order valence-electron chi connectivity index (χ2n) is 12.5. The molecule has 2 saturated carbocycles. The van der Waals surface area contributed by atoms with Crippen LogP contribution >= 0.6 is 0 Å². The minimum atomic E-state index is -1.02. The van der Waals surface area contributed by atoms with Crippen LogP contribution in [0.4, 0.5) is 5.69 Å². The summed E-state index contributed by atoms with van der Waals surface area (Å²) >= 11 is 0. The molecule has 0 atom stereocenters. The summed E-state index contributed by atoms with van der Waals surface area (Å²) in [7, 11) is 0. The van der Waals surface area contributed by atoms with Crippen molar-refractivity contribution in [2.45, 2.75) is 69.4 Å². The molecule has 8 heteroatoms. The lowest BCUT2D eigenvalue weighted by atomic mass is 9.75. The Bertz CT molecular complexity index is 1810. The second kappa shape index (κ2) is 11.9. The number of carbonyl (C=O) groups excluding carboxylic acids is 2. The van der Waals surface area contributed by atoms with Gasteiger partial charge in [-0.2, -0.15) is 0 Å². The quantitative estimate of drug-likeness (QED) is 0.195. The molecule has 0 unspecified atom stereocenters. The molecular formula is C37H37N3O5. The maximum Gasteiger partial charge on any atom is 0.328 e. The number of aromatic nitrogens is 1. The maximum atomic E-state index is 13.8. The van der Waals surface area contributed by atoms with Crippen molar-refractivity contribution in [2.24, 2.45) is 0 Å². The monoisotopic (exact) mass is 603 g/mol. The van der Waals surface area contributed by atoms with E-state index in [4.69, 9.17) is 9.84 Å². The smallest absolute Gasteiger partial charge is 0.328 e. The van der Waals surface area contributed by atoms with Gasteiger partial charge in [-0.1, -0.05) is 49.6 Å². The predicted molar refractivity (Wildman–Crippen MR) is 174 cm³/mol. The van der Waals surface area contributed by atoms with Crippen molar-refractivity contribution in [1.82, 2.24) is 9.88 Å². The van der Waals surface area contributed by atoms with Crippen LogP contribution < -0.4 is 15.4 Å². The molecule has 4 aromatic rings. The van der Waals surface area contributed by atoms with Crippen molar-refractivity contribution in [3.63, 3.8) is 0 Å². The van der Waals surface area contributed by atoms with E-state index < -0.39 is 11.5 Å². The first kappa shape index (κ1) is 28.9. The molecule has 1 aliphatic heterocycles. The fourth-order valence-electron chi connectivity index (χ4n) is 7.20. The number of rotatable bonds is 7. The van der Waals surface area contributed by atoms with Gasteiger partial charge in [-0.05, 0) is 91.6 Å². The van der Waals surface area contributed by atoms with E-state index in [-0.39, 0.29) is 11.8 Å². The molecule has 3 aromatic carbocycles. The molecule has 0 saturated heterocycles. The molecule has 3 aliphatic rings. The standard InChI is InChI=1S/C37H37N3O5/c41-32(42)18-13-24-11-15-27(16-12-24)38-36(44)37(19-6-20-37)39-35(43)26-14-17-28-30(23-26)40-21-22-45-31-10-5-4-9-29(31)34(40)33(28)25-7-2-1-3-8-25/h4-5,9-18,23,25H,1-3,6-8,19-22H2,(H,38,44)(H,39,43)(H,41,42). The molecule has 7 rings (SSSR count). The number of hydrogen-bond acceptors (Lipinski definition) is 4.